The minimum Gasteiger partial charge on any atom is -0.467 e. The lowest BCUT2D eigenvalue weighted by molar-refractivity contribution is -0.144. The molecule has 0 radical (unpaired) electrons. The number of nitrogens with one attached hydrogen (secondary N) is 1. The molecule has 0 aliphatic heterocycles. The maximum Gasteiger partial charge on any atom is 0.407 e. The summed E-state index contributed by atoms with van der Waals surface area (Å²) in [5.41, 5.74) is 4.54. The molecule has 0 saturated heterocycles. The molecule has 3 rings (SSSR count). The van der Waals surface area contributed by atoms with E-state index in [4.69, 9.17) is 14.2 Å². The fourth-order valence-corrected chi connectivity index (χ4v) is 3.36. The van der Waals surface area contributed by atoms with Crippen LogP contribution in [0.3, 0.4) is 0 Å². The lowest BCUT2D eigenvalue weighted by Gasteiger charge is -2.18. The Morgan fingerprint density at radius 2 is 1.71 bits per heavy atom. The number of esters is 1. The number of ether oxygens (including phenoxy) is 3. The molecule has 1 atom stereocenters. The first kappa shape index (κ1) is 19.6. The fourth-order valence-electron chi connectivity index (χ4n) is 3.36. The van der Waals surface area contributed by atoms with Gasteiger partial charge in [0.05, 0.1) is 20.3 Å². The minimum atomic E-state index is -0.944. The van der Waals surface area contributed by atoms with Gasteiger partial charge in [-0.15, -0.1) is 6.58 Å². The van der Waals surface area contributed by atoms with E-state index in [9.17, 15) is 9.59 Å². The van der Waals surface area contributed by atoms with E-state index in [1.165, 1.54) is 7.11 Å². The second-order valence-corrected chi connectivity index (χ2v) is 6.37. The molecular formula is C22H23NO5. The predicted molar refractivity (Wildman–Crippen MR) is 105 cm³/mol. The summed E-state index contributed by atoms with van der Waals surface area (Å²) in [7, 11) is 1.25. The van der Waals surface area contributed by atoms with Gasteiger partial charge in [0.2, 0.25) is 0 Å². The lowest BCUT2D eigenvalue weighted by Crippen LogP contribution is -2.45. The van der Waals surface area contributed by atoms with Crippen molar-refractivity contribution in [3.8, 4) is 11.1 Å². The van der Waals surface area contributed by atoms with Crippen LogP contribution in [0.15, 0.2) is 61.2 Å². The van der Waals surface area contributed by atoms with Crippen LogP contribution in [0.4, 0.5) is 4.79 Å². The molecule has 1 amide bonds. The van der Waals surface area contributed by atoms with Gasteiger partial charge in [0, 0.05) is 5.92 Å². The molecule has 0 bridgehead atoms. The molecule has 0 spiro atoms. The number of methoxy groups -OCH3 is 1. The Morgan fingerprint density at radius 3 is 2.29 bits per heavy atom. The number of alkyl carbamates (subject to hydrolysis) is 1. The Labute approximate surface area is 164 Å². The SMILES string of the molecule is C=CCOCC(NC(=O)OCC1c2ccccc2-c2ccccc21)C(=O)OC. The van der Waals surface area contributed by atoms with Crippen LogP contribution in [0, 0.1) is 0 Å². The van der Waals surface area contributed by atoms with Crippen LogP contribution in [0.25, 0.3) is 11.1 Å². The second-order valence-electron chi connectivity index (χ2n) is 6.37. The molecule has 1 N–H and O–H groups in total. The maximum absolute atomic E-state index is 12.3. The highest BCUT2D eigenvalue weighted by atomic mass is 16.6. The van der Waals surface area contributed by atoms with Gasteiger partial charge in [-0.25, -0.2) is 9.59 Å². The van der Waals surface area contributed by atoms with Crippen LogP contribution in [0.5, 0.6) is 0 Å². The van der Waals surface area contributed by atoms with Crippen molar-refractivity contribution in [3.05, 3.63) is 72.3 Å². The molecule has 6 nitrogen and oxygen atoms in total. The summed E-state index contributed by atoms with van der Waals surface area (Å²) >= 11 is 0. The Balaban J connectivity index is 1.65. The fraction of sp³-hybridized carbons (Fsp3) is 0.273. The average Bonchev–Trinajstić information content (AvgIpc) is 3.05. The van der Waals surface area contributed by atoms with Crippen LogP contribution in [-0.4, -0.2) is 45.0 Å². The summed E-state index contributed by atoms with van der Waals surface area (Å²) in [6, 6.07) is 15.2. The molecule has 2 aromatic rings. The molecule has 6 heteroatoms. The Bertz CT molecular complexity index is 818. The molecule has 0 heterocycles. The topological polar surface area (TPSA) is 73.9 Å². The zero-order chi connectivity index (χ0) is 19.9. The van der Waals surface area contributed by atoms with Crippen molar-refractivity contribution in [3.63, 3.8) is 0 Å². The number of benzene rings is 2. The molecule has 0 fully saturated rings. The third-order valence-electron chi connectivity index (χ3n) is 4.64. The maximum atomic E-state index is 12.3. The first-order chi connectivity index (χ1) is 13.7. The number of fused-ring (bicyclic) bond motifs is 3. The summed E-state index contributed by atoms with van der Waals surface area (Å²) in [6.07, 6.45) is 0.862. The van der Waals surface area contributed by atoms with Crippen LogP contribution in [0.2, 0.25) is 0 Å². The summed E-state index contributed by atoms with van der Waals surface area (Å²) in [4.78, 5) is 24.1. The van der Waals surface area contributed by atoms with E-state index < -0.39 is 18.1 Å². The molecule has 1 aliphatic carbocycles. The average molecular weight is 381 g/mol. The third kappa shape index (κ3) is 4.23. The standard InChI is InChI=1S/C22H23NO5/c1-3-12-27-14-20(21(24)26-2)23-22(25)28-13-19-17-10-6-4-8-15(17)16-9-5-7-11-18(16)19/h3-11,19-20H,1,12-14H2,2H3,(H,23,25). The number of carbonyl (C=O) groups excluding carboxylic acids is 2. The highest BCUT2D eigenvalue weighted by Crippen LogP contribution is 2.44. The van der Waals surface area contributed by atoms with Gasteiger partial charge in [-0.1, -0.05) is 54.6 Å². The third-order valence-corrected chi connectivity index (χ3v) is 4.64. The number of carbonyl (C=O) groups is 2. The van der Waals surface area contributed by atoms with Gasteiger partial charge in [0.25, 0.3) is 0 Å². The number of amides is 1. The van der Waals surface area contributed by atoms with Gasteiger partial charge in [0.1, 0.15) is 6.61 Å². The van der Waals surface area contributed by atoms with Gasteiger partial charge in [-0.05, 0) is 22.3 Å². The van der Waals surface area contributed by atoms with Gasteiger partial charge >= 0.3 is 12.1 Å². The Hall–Kier alpha value is -3.12. The number of rotatable bonds is 8. The van der Waals surface area contributed by atoms with Gasteiger partial charge in [0.15, 0.2) is 6.04 Å². The highest BCUT2D eigenvalue weighted by molar-refractivity contribution is 5.82. The monoisotopic (exact) mass is 381 g/mol. The van der Waals surface area contributed by atoms with E-state index in [1.807, 2.05) is 36.4 Å². The van der Waals surface area contributed by atoms with Crippen molar-refractivity contribution in [2.24, 2.45) is 0 Å². The van der Waals surface area contributed by atoms with Gasteiger partial charge in [-0.3, -0.25) is 0 Å². The van der Waals surface area contributed by atoms with E-state index in [1.54, 1.807) is 6.08 Å². The van der Waals surface area contributed by atoms with Crippen LogP contribution in [-0.2, 0) is 19.0 Å². The molecule has 146 valence electrons. The van der Waals surface area contributed by atoms with E-state index >= 15 is 0 Å². The summed E-state index contributed by atoms with van der Waals surface area (Å²) in [5, 5.41) is 2.50. The van der Waals surface area contributed by atoms with Crippen LogP contribution >= 0.6 is 0 Å². The summed E-state index contributed by atoms with van der Waals surface area (Å²) in [6.45, 7) is 3.95. The smallest absolute Gasteiger partial charge is 0.407 e. The van der Waals surface area contributed by atoms with Crippen molar-refractivity contribution in [1.29, 1.82) is 0 Å². The van der Waals surface area contributed by atoms with Crippen LogP contribution < -0.4 is 5.32 Å². The van der Waals surface area contributed by atoms with Crippen molar-refractivity contribution >= 4 is 12.1 Å². The van der Waals surface area contributed by atoms with Crippen molar-refractivity contribution < 1.29 is 23.8 Å². The molecule has 0 saturated carbocycles. The van der Waals surface area contributed by atoms with Gasteiger partial charge in [-0.2, -0.15) is 0 Å². The van der Waals surface area contributed by atoms with Crippen LogP contribution in [0.1, 0.15) is 17.0 Å². The Morgan fingerprint density at radius 1 is 1.11 bits per heavy atom. The number of hydrogen-bond acceptors (Lipinski definition) is 5. The van der Waals surface area contributed by atoms with E-state index in [0.29, 0.717) is 0 Å². The molecule has 2 aromatic carbocycles. The number of hydrogen-bond donors (Lipinski definition) is 1. The van der Waals surface area contributed by atoms with Gasteiger partial charge < -0.3 is 19.5 Å². The molecule has 0 aromatic heterocycles. The first-order valence-corrected chi connectivity index (χ1v) is 9.03. The molecular weight excluding hydrogens is 358 g/mol. The quantitative estimate of drug-likeness (QED) is 0.432. The van der Waals surface area contributed by atoms with E-state index in [0.717, 1.165) is 22.3 Å². The predicted octanol–water partition coefficient (Wildman–Crippen LogP) is 3.27. The van der Waals surface area contributed by atoms with Crippen molar-refractivity contribution in [1.82, 2.24) is 5.32 Å². The van der Waals surface area contributed by atoms with E-state index in [-0.39, 0.29) is 25.7 Å². The lowest BCUT2D eigenvalue weighted by atomic mass is 9.98. The Kier molecular flexibility index (Phi) is 6.45. The molecule has 28 heavy (non-hydrogen) atoms. The zero-order valence-corrected chi connectivity index (χ0v) is 15.7. The van der Waals surface area contributed by atoms with E-state index in [2.05, 4.69) is 24.0 Å². The van der Waals surface area contributed by atoms with Crippen molar-refractivity contribution in [2.45, 2.75) is 12.0 Å². The summed E-state index contributed by atoms with van der Waals surface area (Å²) < 4.78 is 15.4. The summed E-state index contributed by atoms with van der Waals surface area (Å²) in [5.74, 6) is -0.649. The normalized spacial score (nSPS) is 13.2. The largest absolute Gasteiger partial charge is 0.467 e. The zero-order valence-electron chi connectivity index (χ0n) is 15.7. The highest BCUT2D eigenvalue weighted by Gasteiger charge is 2.29. The molecule has 1 unspecified atom stereocenters. The van der Waals surface area contributed by atoms with Crippen molar-refractivity contribution in [2.75, 3.05) is 26.9 Å². The second kappa shape index (κ2) is 9.19. The molecule has 1 aliphatic rings. The minimum absolute atomic E-state index is 0.0249. The first-order valence-electron chi connectivity index (χ1n) is 9.03.